The van der Waals surface area contributed by atoms with Gasteiger partial charge in [0.2, 0.25) is 0 Å². The first kappa shape index (κ1) is 17.5. The van der Waals surface area contributed by atoms with Crippen molar-refractivity contribution >= 4 is 17.5 Å². The fourth-order valence-electron chi connectivity index (χ4n) is 4.30. The molecule has 6 heteroatoms. The molecule has 142 valence electrons. The van der Waals surface area contributed by atoms with Crippen molar-refractivity contribution in [1.82, 2.24) is 14.7 Å². The number of hydrogen-bond acceptors (Lipinski definition) is 3. The Morgan fingerprint density at radius 2 is 2.07 bits per heavy atom. The summed E-state index contributed by atoms with van der Waals surface area (Å²) in [6, 6.07) is 15.8. The molecule has 0 radical (unpaired) electrons. The Morgan fingerprint density at radius 1 is 1.18 bits per heavy atom. The van der Waals surface area contributed by atoms with Gasteiger partial charge in [0.25, 0.3) is 5.91 Å². The van der Waals surface area contributed by atoms with Gasteiger partial charge in [-0.25, -0.2) is 4.68 Å². The van der Waals surface area contributed by atoms with E-state index in [0.29, 0.717) is 30.3 Å². The van der Waals surface area contributed by atoms with Crippen LogP contribution in [0.3, 0.4) is 0 Å². The van der Waals surface area contributed by atoms with E-state index in [0.717, 1.165) is 18.5 Å². The molecule has 0 saturated carbocycles. The highest BCUT2D eigenvalue weighted by atomic mass is 35.5. The maximum absolute atomic E-state index is 13.2. The van der Waals surface area contributed by atoms with Gasteiger partial charge in [0.1, 0.15) is 5.60 Å². The molecular weight excluding hydrogens is 374 g/mol. The Kier molecular flexibility index (Phi) is 4.22. The lowest BCUT2D eigenvalue weighted by molar-refractivity contribution is -0.103. The van der Waals surface area contributed by atoms with Crippen LogP contribution in [0.1, 0.15) is 27.9 Å². The zero-order valence-electron chi connectivity index (χ0n) is 15.3. The van der Waals surface area contributed by atoms with Gasteiger partial charge in [-0.1, -0.05) is 41.9 Å². The van der Waals surface area contributed by atoms with Gasteiger partial charge in [0.05, 0.1) is 30.6 Å². The van der Waals surface area contributed by atoms with Crippen molar-refractivity contribution in [2.75, 3.05) is 19.7 Å². The summed E-state index contributed by atoms with van der Waals surface area (Å²) in [6.45, 7) is 1.71. The third-order valence-corrected chi connectivity index (χ3v) is 5.92. The maximum atomic E-state index is 13.2. The number of carbonyl (C=O) groups is 1. The number of aryl methyl sites for hydroxylation is 1. The summed E-state index contributed by atoms with van der Waals surface area (Å²) in [5.41, 5.74) is 3.57. The summed E-state index contributed by atoms with van der Waals surface area (Å²) < 4.78 is 7.91. The van der Waals surface area contributed by atoms with Gasteiger partial charge in [-0.05, 0) is 42.2 Å². The van der Waals surface area contributed by atoms with Crippen molar-refractivity contribution in [3.63, 3.8) is 0 Å². The van der Waals surface area contributed by atoms with Gasteiger partial charge < -0.3 is 9.64 Å². The zero-order chi connectivity index (χ0) is 19.1. The Hall–Kier alpha value is -2.63. The molecule has 1 saturated heterocycles. The van der Waals surface area contributed by atoms with E-state index in [1.54, 1.807) is 17.1 Å². The van der Waals surface area contributed by atoms with Gasteiger partial charge in [0, 0.05) is 17.8 Å². The monoisotopic (exact) mass is 393 g/mol. The SMILES string of the molecule is O=C(c1cnn(-c2cccc(Cl)c2)c1)N1CCOC2(CCc3ccccc32)C1. The molecule has 2 aromatic carbocycles. The molecule has 1 unspecified atom stereocenters. The number of halogens is 1. The summed E-state index contributed by atoms with van der Waals surface area (Å²) in [6.07, 6.45) is 5.29. The largest absolute Gasteiger partial charge is 0.367 e. The molecule has 1 amide bonds. The quantitative estimate of drug-likeness (QED) is 0.664. The number of rotatable bonds is 2. The standard InChI is InChI=1S/C22H20ClN3O2/c23-18-5-3-6-19(12-18)26-14-17(13-24-26)21(27)25-10-11-28-22(15-25)9-8-16-4-1-2-7-20(16)22/h1-7,12-14H,8-11,15H2. The second kappa shape index (κ2) is 6.76. The van der Waals surface area contributed by atoms with E-state index in [-0.39, 0.29) is 11.5 Å². The highest BCUT2D eigenvalue weighted by molar-refractivity contribution is 6.30. The molecule has 1 spiro atoms. The van der Waals surface area contributed by atoms with E-state index in [1.165, 1.54) is 11.1 Å². The molecule has 0 bridgehead atoms. The Morgan fingerprint density at radius 3 is 2.96 bits per heavy atom. The summed E-state index contributed by atoms with van der Waals surface area (Å²) in [5.74, 6) is -0.0136. The lowest BCUT2D eigenvalue weighted by Crippen LogP contribution is -2.51. The van der Waals surface area contributed by atoms with Crippen LogP contribution in [0.2, 0.25) is 5.02 Å². The lowest BCUT2D eigenvalue weighted by atomic mass is 9.93. The number of fused-ring (bicyclic) bond motifs is 2. The highest BCUT2D eigenvalue weighted by Gasteiger charge is 2.44. The van der Waals surface area contributed by atoms with E-state index < -0.39 is 0 Å². The Bertz CT molecular complexity index is 1040. The normalized spacial score (nSPS) is 21.1. The Labute approximate surface area is 168 Å². The number of morpholine rings is 1. The van der Waals surface area contributed by atoms with Gasteiger partial charge in [-0.2, -0.15) is 5.10 Å². The first-order valence-corrected chi connectivity index (χ1v) is 9.85. The van der Waals surface area contributed by atoms with E-state index >= 15 is 0 Å². The first-order valence-electron chi connectivity index (χ1n) is 9.47. The van der Waals surface area contributed by atoms with Crippen molar-refractivity contribution in [2.24, 2.45) is 0 Å². The number of ether oxygens (including phenoxy) is 1. The predicted molar refractivity (Wildman–Crippen MR) is 107 cm³/mol. The highest BCUT2D eigenvalue weighted by Crippen LogP contribution is 2.42. The fourth-order valence-corrected chi connectivity index (χ4v) is 4.49. The van der Waals surface area contributed by atoms with Crippen LogP contribution in [0.25, 0.3) is 5.69 Å². The number of nitrogens with zero attached hydrogens (tertiary/aromatic N) is 3. The predicted octanol–water partition coefficient (Wildman–Crippen LogP) is 3.84. The fraction of sp³-hybridized carbons (Fsp3) is 0.273. The summed E-state index contributed by atoms with van der Waals surface area (Å²) >= 11 is 6.07. The van der Waals surface area contributed by atoms with Gasteiger partial charge >= 0.3 is 0 Å². The third kappa shape index (κ3) is 2.91. The molecular formula is C22H20ClN3O2. The lowest BCUT2D eigenvalue weighted by Gasteiger charge is -2.41. The molecule has 3 aromatic rings. The molecule has 2 aliphatic rings. The van der Waals surface area contributed by atoms with Crippen LogP contribution in [0.4, 0.5) is 0 Å². The second-order valence-electron chi connectivity index (χ2n) is 7.38. The average Bonchev–Trinajstić information content (AvgIpc) is 3.34. The molecule has 2 heterocycles. The number of amides is 1. The molecule has 5 rings (SSSR count). The minimum atomic E-state index is -0.381. The van der Waals surface area contributed by atoms with Crippen LogP contribution in [0.5, 0.6) is 0 Å². The van der Waals surface area contributed by atoms with Crippen molar-refractivity contribution in [3.05, 3.63) is 82.6 Å². The molecule has 1 aliphatic heterocycles. The average molecular weight is 394 g/mol. The van der Waals surface area contributed by atoms with Crippen molar-refractivity contribution in [2.45, 2.75) is 18.4 Å². The van der Waals surface area contributed by atoms with E-state index in [4.69, 9.17) is 16.3 Å². The molecule has 28 heavy (non-hydrogen) atoms. The maximum Gasteiger partial charge on any atom is 0.257 e. The number of hydrogen-bond donors (Lipinski definition) is 0. The third-order valence-electron chi connectivity index (χ3n) is 5.68. The zero-order valence-corrected chi connectivity index (χ0v) is 16.1. The second-order valence-corrected chi connectivity index (χ2v) is 7.82. The molecule has 1 atom stereocenters. The van der Waals surface area contributed by atoms with Crippen LogP contribution in [-0.4, -0.2) is 40.3 Å². The van der Waals surface area contributed by atoms with Gasteiger partial charge in [-0.15, -0.1) is 0 Å². The smallest absolute Gasteiger partial charge is 0.257 e. The van der Waals surface area contributed by atoms with Crippen LogP contribution >= 0.6 is 11.6 Å². The van der Waals surface area contributed by atoms with Crippen LogP contribution in [0, 0.1) is 0 Å². The summed E-state index contributed by atoms with van der Waals surface area (Å²) in [5, 5.41) is 4.98. The number of aromatic nitrogens is 2. The van der Waals surface area contributed by atoms with Crippen LogP contribution in [-0.2, 0) is 16.8 Å². The van der Waals surface area contributed by atoms with Gasteiger partial charge in [0.15, 0.2) is 0 Å². The van der Waals surface area contributed by atoms with E-state index in [9.17, 15) is 4.79 Å². The number of carbonyl (C=O) groups excluding carboxylic acids is 1. The first-order chi connectivity index (χ1) is 13.6. The van der Waals surface area contributed by atoms with Crippen molar-refractivity contribution < 1.29 is 9.53 Å². The van der Waals surface area contributed by atoms with E-state index in [1.807, 2.05) is 35.2 Å². The van der Waals surface area contributed by atoms with Crippen molar-refractivity contribution in [1.29, 1.82) is 0 Å². The van der Waals surface area contributed by atoms with Gasteiger partial charge in [-0.3, -0.25) is 4.79 Å². The summed E-state index contributed by atoms with van der Waals surface area (Å²) in [4.78, 5) is 15.0. The van der Waals surface area contributed by atoms with E-state index in [2.05, 4.69) is 23.3 Å². The summed E-state index contributed by atoms with van der Waals surface area (Å²) in [7, 11) is 0. The van der Waals surface area contributed by atoms with Crippen LogP contribution in [0.15, 0.2) is 60.9 Å². The molecule has 5 nitrogen and oxygen atoms in total. The Balaban J connectivity index is 1.39. The minimum Gasteiger partial charge on any atom is -0.367 e. The topological polar surface area (TPSA) is 47.4 Å². The number of benzene rings is 2. The molecule has 0 N–H and O–H groups in total. The van der Waals surface area contributed by atoms with Crippen LogP contribution < -0.4 is 0 Å². The minimum absolute atomic E-state index is 0.0136. The molecule has 1 aromatic heterocycles. The molecule has 1 aliphatic carbocycles. The molecule has 1 fully saturated rings. The van der Waals surface area contributed by atoms with Crippen molar-refractivity contribution in [3.8, 4) is 5.69 Å².